The second-order valence-corrected chi connectivity index (χ2v) is 5.66. The molecule has 1 unspecified atom stereocenters. The van der Waals surface area contributed by atoms with E-state index in [1.165, 1.54) is 12.8 Å². The molecular weight excluding hydrogens is 264 g/mol. The summed E-state index contributed by atoms with van der Waals surface area (Å²) in [7, 11) is 1.61. The highest BCUT2D eigenvalue weighted by Crippen LogP contribution is 2.21. The number of nitrogens with one attached hydrogen (secondary N) is 1. The average Bonchev–Trinajstić information content (AvgIpc) is 2.54. The van der Waals surface area contributed by atoms with Gasteiger partial charge in [0.25, 0.3) is 5.91 Å². The maximum atomic E-state index is 12.8. The van der Waals surface area contributed by atoms with Gasteiger partial charge in [-0.2, -0.15) is 0 Å². The van der Waals surface area contributed by atoms with E-state index in [1.807, 2.05) is 29.2 Å². The molecule has 1 aliphatic heterocycles. The van der Waals surface area contributed by atoms with Crippen molar-refractivity contribution in [2.75, 3.05) is 33.3 Å². The van der Waals surface area contributed by atoms with Gasteiger partial charge in [-0.3, -0.25) is 4.79 Å². The molecule has 0 aliphatic carbocycles. The number of piperidine rings is 1. The Morgan fingerprint density at radius 1 is 1.43 bits per heavy atom. The van der Waals surface area contributed by atoms with Crippen LogP contribution >= 0.6 is 0 Å². The smallest absolute Gasteiger partial charge is 0.257 e. The van der Waals surface area contributed by atoms with Gasteiger partial charge >= 0.3 is 0 Å². The summed E-state index contributed by atoms with van der Waals surface area (Å²) in [4.78, 5) is 14.8. The Bertz CT molecular complexity index is 456. The fourth-order valence-electron chi connectivity index (χ4n) is 2.93. The summed E-state index contributed by atoms with van der Waals surface area (Å²) >= 11 is 0. The van der Waals surface area contributed by atoms with Crippen molar-refractivity contribution in [1.82, 2.24) is 10.2 Å². The number of carbonyl (C=O) groups is 1. The van der Waals surface area contributed by atoms with Crippen LogP contribution in [0.5, 0.6) is 5.75 Å². The molecule has 1 aromatic carbocycles. The highest BCUT2D eigenvalue weighted by molar-refractivity contribution is 5.96. The largest absolute Gasteiger partial charge is 0.496 e. The Balaban J connectivity index is 2.10. The molecule has 1 saturated heterocycles. The second-order valence-electron chi connectivity index (χ2n) is 5.66. The number of hydrogen-bond acceptors (Lipinski definition) is 3. The van der Waals surface area contributed by atoms with Crippen molar-refractivity contribution in [2.24, 2.45) is 5.92 Å². The van der Waals surface area contributed by atoms with Crippen molar-refractivity contribution in [3.63, 3.8) is 0 Å². The first-order valence-corrected chi connectivity index (χ1v) is 7.89. The third-order valence-electron chi connectivity index (χ3n) is 4.00. The van der Waals surface area contributed by atoms with Crippen LogP contribution in [-0.2, 0) is 0 Å². The molecule has 21 heavy (non-hydrogen) atoms. The van der Waals surface area contributed by atoms with E-state index in [4.69, 9.17) is 4.74 Å². The molecule has 1 N–H and O–H groups in total. The van der Waals surface area contributed by atoms with Gasteiger partial charge in [-0.25, -0.2) is 0 Å². The van der Waals surface area contributed by atoms with Gasteiger partial charge in [0.05, 0.1) is 12.7 Å². The summed E-state index contributed by atoms with van der Waals surface area (Å²) in [5.74, 6) is 1.30. The molecule has 1 aromatic rings. The number of para-hydroxylation sites is 1. The highest BCUT2D eigenvalue weighted by Gasteiger charge is 2.23. The van der Waals surface area contributed by atoms with E-state index in [1.54, 1.807) is 7.11 Å². The molecule has 1 amide bonds. The van der Waals surface area contributed by atoms with E-state index in [-0.39, 0.29) is 5.91 Å². The first kappa shape index (κ1) is 15.8. The maximum absolute atomic E-state index is 12.8. The maximum Gasteiger partial charge on any atom is 0.257 e. The van der Waals surface area contributed by atoms with Crippen LogP contribution in [0.2, 0.25) is 0 Å². The van der Waals surface area contributed by atoms with Crippen molar-refractivity contribution >= 4 is 5.91 Å². The van der Waals surface area contributed by atoms with Crippen LogP contribution < -0.4 is 10.1 Å². The lowest BCUT2D eigenvalue weighted by Crippen LogP contribution is -2.41. The predicted octanol–water partition coefficient (Wildman–Crippen LogP) is 2.55. The third-order valence-corrected chi connectivity index (χ3v) is 4.00. The first-order valence-electron chi connectivity index (χ1n) is 7.89. The summed E-state index contributed by atoms with van der Waals surface area (Å²) in [5.41, 5.74) is 0.664. The van der Waals surface area contributed by atoms with Gasteiger partial charge in [0.2, 0.25) is 0 Å². The predicted molar refractivity (Wildman–Crippen MR) is 84.8 cm³/mol. The quantitative estimate of drug-likeness (QED) is 0.875. The second kappa shape index (κ2) is 8.03. The summed E-state index contributed by atoms with van der Waals surface area (Å²) in [6, 6.07) is 7.48. The molecule has 4 heteroatoms. The van der Waals surface area contributed by atoms with Crippen molar-refractivity contribution in [3.8, 4) is 5.75 Å². The lowest BCUT2D eigenvalue weighted by atomic mass is 9.98. The minimum atomic E-state index is 0.0832. The topological polar surface area (TPSA) is 41.6 Å². The van der Waals surface area contributed by atoms with Crippen LogP contribution in [0.25, 0.3) is 0 Å². The Morgan fingerprint density at radius 3 is 2.90 bits per heavy atom. The molecule has 1 aliphatic rings. The zero-order chi connectivity index (χ0) is 15.1. The van der Waals surface area contributed by atoms with Crippen LogP contribution in [0.1, 0.15) is 36.5 Å². The molecule has 0 saturated carbocycles. The van der Waals surface area contributed by atoms with E-state index < -0.39 is 0 Å². The van der Waals surface area contributed by atoms with Gasteiger partial charge in [0, 0.05) is 13.1 Å². The number of ether oxygens (including phenoxy) is 1. The van der Waals surface area contributed by atoms with E-state index in [0.29, 0.717) is 17.2 Å². The zero-order valence-corrected chi connectivity index (χ0v) is 13.1. The van der Waals surface area contributed by atoms with Gasteiger partial charge in [0.1, 0.15) is 5.75 Å². The van der Waals surface area contributed by atoms with Gasteiger partial charge in [-0.05, 0) is 50.4 Å². The molecule has 0 bridgehead atoms. The minimum Gasteiger partial charge on any atom is -0.496 e. The van der Waals surface area contributed by atoms with Crippen LogP contribution in [0, 0.1) is 5.92 Å². The molecule has 0 radical (unpaired) electrons. The average molecular weight is 290 g/mol. The zero-order valence-electron chi connectivity index (χ0n) is 13.1. The molecule has 1 fully saturated rings. The van der Waals surface area contributed by atoms with Gasteiger partial charge in [0.15, 0.2) is 0 Å². The van der Waals surface area contributed by atoms with Crippen LogP contribution in [0.4, 0.5) is 0 Å². The number of nitrogens with zero attached hydrogens (tertiary/aromatic N) is 1. The number of benzene rings is 1. The summed E-state index contributed by atoms with van der Waals surface area (Å²) in [6.45, 7) is 5.86. The highest BCUT2D eigenvalue weighted by atomic mass is 16.5. The summed E-state index contributed by atoms with van der Waals surface area (Å²) < 4.78 is 5.32. The number of rotatable bonds is 6. The van der Waals surface area contributed by atoms with E-state index in [0.717, 1.165) is 32.6 Å². The first-order chi connectivity index (χ1) is 10.3. The molecule has 0 aromatic heterocycles. The molecule has 116 valence electrons. The lowest BCUT2D eigenvalue weighted by Gasteiger charge is -2.30. The number of amides is 1. The SMILES string of the molecule is CCCN(CC1CCCNC1)C(=O)c1ccccc1OC. The van der Waals surface area contributed by atoms with Crippen LogP contribution in [-0.4, -0.2) is 44.1 Å². The van der Waals surface area contributed by atoms with Crippen molar-refractivity contribution in [2.45, 2.75) is 26.2 Å². The Labute approximate surface area is 127 Å². The van der Waals surface area contributed by atoms with Gasteiger partial charge in [-0.15, -0.1) is 0 Å². The standard InChI is InChI=1S/C17H26N2O2/c1-3-11-19(13-14-7-6-10-18-12-14)17(20)15-8-4-5-9-16(15)21-2/h4-5,8-9,14,18H,3,6-7,10-13H2,1-2H3. The number of methoxy groups -OCH3 is 1. The molecule has 1 heterocycles. The normalized spacial score (nSPS) is 18.3. The molecule has 1 atom stereocenters. The van der Waals surface area contributed by atoms with Crippen molar-refractivity contribution in [3.05, 3.63) is 29.8 Å². The van der Waals surface area contributed by atoms with Crippen molar-refractivity contribution in [1.29, 1.82) is 0 Å². The van der Waals surface area contributed by atoms with Gasteiger partial charge < -0.3 is 15.0 Å². The molecule has 0 spiro atoms. The monoisotopic (exact) mass is 290 g/mol. The summed E-state index contributed by atoms with van der Waals surface area (Å²) in [5, 5.41) is 3.42. The third kappa shape index (κ3) is 4.21. The Hall–Kier alpha value is -1.55. The number of hydrogen-bond donors (Lipinski definition) is 1. The van der Waals surface area contributed by atoms with E-state index >= 15 is 0 Å². The van der Waals surface area contributed by atoms with Crippen LogP contribution in [0.3, 0.4) is 0 Å². The molecule has 2 rings (SSSR count). The molecular formula is C17H26N2O2. The number of carbonyl (C=O) groups excluding carboxylic acids is 1. The Kier molecular flexibility index (Phi) is 6.05. The lowest BCUT2D eigenvalue weighted by molar-refractivity contribution is 0.0715. The van der Waals surface area contributed by atoms with E-state index in [2.05, 4.69) is 12.2 Å². The Morgan fingerprint density at radius 2 is 2.24 bits per heavy atom. The fraction of sp³-hybridized carbons (Fsp3) is 0.588. The van der Waals surface area contributed by atoms with Crippen LogP contribution in [0.15, 0.2) is 24.3 Å². The van der Waals surface area contributed by atoms with E-state index in [9.17, 15) is 4.79 Å². The minimum absolute atomic E-state index is 0.0832. The van der Waals surface area contributed by atoms with Gasteiger partial charge in [-0.1, -0.05) is 19.1 Å². The molecule has 4 nitrogen and oxygen atoms in total. The van der Waals surface area contributed by atoms with Crippen molar-refractivity contribution < 1.29 is 9.53 Å². The fourth-order valence-corrected chi connectivity index (χ4v) is 2.93. The summed E-state index contributed by atoms with van der Waals surface area (Å²) in [6.07, 6.45) is 3.38.